The van der Waals surface area contributed by atoms with E-state index < -0.39 is 5.60 Å². The zero-order valence-corrected chi connectivity index (χ0v) is 22.0. The summed E-state index contributed by atoms with van der Waals surface area (Å²) in [6.45, 7) is 7.37. The predicted octanol–water partition coefficient (Wildman–Crippen LogP) is 4.63. The van der Waals surface area contributed by atoms with Crippen LogP contribution in [0.5, 0.6) is 0 Å². The zero-order valence-electron chi connectivity index (χ0n) is 21.3. The molecule has 3 aromatic rings. The lowest BCUT2D eigenvalue weighted by molar-refractivity contribution is 0.0272. The van der Waals surface area contributed by atoms with Gasteiger partial charge in [-0.25, -0.2) is 9.78 Å². The van der Waals surface area contributed by atoms with Crippen molar-refractivity contribution in [2.45, 2.75) is 39.3 Å². The van der Waals surface area contributed by atoms with Crippen LogP contribution in [0.15, 0.2) is 30.3 Å². The number of benzene rings is 1. The number of ether oxygens (including phenoxy) is 1. The van der Waals surface area contributed by atoms with Crippen molar-refractivity contribution in [2.75, 3.05) is 31.7 Å². The van der Waals surface area contributed by atoms with Crippen LogP contribution < -0.4 is 4.90 Å². The van der Waals surface area contributed by atoms with Crippen molar-refractivity contribution in [1.82, 2.24) is 24.3 Å². The molecule has 4 heterocycles. The Bertz CT molecular complexity index is 1380. The molecule has 0 radical (unpaired) electrons. The van der Waals surface area contributed by atoms with Crippen molar-refractivity contribution in [3.8, 4) is 0 Å². The van der Waals surface area contributed by atoms with Gasteiger partial charge in [0.1, 0.15) is 11.4 Å². The van der Waals surface area contributed by atoms with Crippen LogP contribution in [0.4, 0.5) is 10.6 Å². The van der Waals surface area contributed by atoms with Crippen molar-refractivity contribution in [2.24, 2.45) is 7.05 Å². The van der Waals surface area contributed by atoms with E-state index in [1.54, 1.807) is 9.80 Å². The van der Waals surface area contributed by atoms with Gasteiger partial charge in [0.25, 0.3) is 5.91 Å². The van der Waals surface area contributed by atoms with Crippen LogP contribution in [0.2, 0.25) is 5.02 Å². The molecule has 0 fully saturated rings. The number of fused-ring (bicyclic) bond motifs is 2. The highest BCUT2D eigenvalue weighted by Gasteiger charge is 2.35. The van der Waals surface area contributed by atoms with E-state index in [0.29, 0.717) is 55.1 Å². The second-order valence-electron chi connectivity index (χ2n) is 10.4. The van der Waals surface area contributed by atoms with Gasteiger partial charge in [-0.3, -0.25) is 4.79 Å². The molecule has 10 heteroatoms. The Balaban J connectivity index is 1.39. The predicted molar refractivity (Wildman–Crippen MR) is 140 cm³/mol. The van der Waals surface area contributed by atoms with Crippen LogP contribution in [0.3, 0.4) is 0 Å². The third kappa shape index (κ3) is 4.43. The molecule has 0 spiro atoms. The van der Waals surface area contributed by atoms with Crippen molar-refractivity contribution in [1.29, 1.82) is 0 Å². The molecule has 190 valence electrons. The number of anilines is 1. The monoisotopic (exact) mass is 510 g/mol. The summed E-state index contributed by atoms with van der Waals surface area (Å²) in [5, 5.41) is 1.62. The first-order valence-electron chi connectivity index (χ1n) is 12.0. The highest BCUT2D eigenvalue weighted by Crippen LogP contribution is 2.32. The quantitative estimate of drug-likeness (QED) is 0.555. The number of hydrogen-bond donors (Lipinski definition) is 1. The van der Waals surface area contributed by atoms with E-state index in [1.165, 1.54) is 0 Å². The number of aromatic nitrogens is 3. The van der Waals surface area contributed by atoms with Gasteiger partial charge in [0, 0.05) is 47.8 Å². The Morgan fingerprint density at radius 1 is 1.25 bits per heavy atom. The van der Waals surface area contributed by atoms with Crippen LogP contribution >= 0.6 is 11.6 Å². The molecule has 0 bridgehead atoms. The van der Waals surface area contributed by atoms with E-state index in [2.05, 4.69) is 11.1 Å². The lowest BCUT2D eigenvalue weighted by atomic mass is 10.1. The van der Waals surface area contributed by atoms with E-state index in [-0.39, 0.29) is 12.0 Å². The van der Waals surface area contributed by atoms with E-state index in [4.69, 9.17) is 21.3 Å². The topological polar surface area (TPSA) is 86.7 Å². The smallest absolute Gasteiger partial charge is 0.410 e. The van der Waals surface area contributed by atoms with Gasteiger partial charge in [0.05, 0.1) is 19.8 Å². The fourth-order valence-corrected chi connectivity index (χ4v) is 5.02. The van der Waals surface area contributed by atoms with Gasteiger partial charge in [-0.1, -0.05) is 23.7 Å². The summed E-state index contributed by atoms with van der Waals surface area (Å²) in [6.07, 6.45) is 2.45. The number of aromatic amines is 1. The first-order chi connectivity index (χ1) is 17.0. The molecule has 1 aromatic carbocycles. The minimum Gasteiger partial charge on any atom is -0.444 e. The van der Waals surface area contributed by atoms with Crippen molar-refractivity contribution in [3.63, 3.8) is 0 Å². The number of nitrogens with one attached hydrogen (secondary N) is 1. The molecule has 2 aromatic heterocycles. The van der Waals surface area contributed by atoms with Gasteiger partial charge in [0.15, 0.2) is 11.5 Å². The van der Waals surface area contributed by atoms with E-state index in [9.17, 15) is 9.59 Å². The number of amides is 2. The fourth-order valence-electron chi connectivity index (χ4n) is 4.79. The molecule has 2 aliphatic heterocycles. The summed E-state index contributed by atoms with van der Waals surface area (Å²) < 4.78 is 7.40. The highest BCUT2D eigenvalue weighted by atomic mass is 35.5. The van der Waals surface area contributed by atoms with Crippen LogP contribution in [-0.4, -0.2) is 68.7 Å². The average Bonchev–Trinajstić information content (AvgIpc) is 3.38. The van der Waals surface area contributed by atoms with Gasteiger partial charge < -0.3 is 29.0 Å². The number of carbonyl (C=O) groups excluding carboxylic acids is 2. The number of H-pyrrole nitrogens is 1. The van der Waals surface area contributed by atoms with Crippen LogP contribution in [0.25, 0.3) is 16.5 Å². The molecular weight excluding hydrogens is 480 g/mol. The summed E-state index contributed by atoms with van der Waals surface area (Å²) in [5.41, 5.74) is 2.73. The van der Waals surface area contributed by atoms with E-state index in [1.807, 2.05) is 68.6 Å². The van der Waals surface area contributed by atoms with Gasteiger partial charge in [-0.2, -0.15) is 0 Å². The maximum absolute atomic E-state index is 13.6. The minimum absolute atomic E-state index is 0.0884. The van der Waals surface area contributed by atoms with Crippen LogP contribution in [-0.2, 0) is 18.3 Å². The van der Waals surface area contributed by atoms with Crippen LogP contribution in [0, 0.1) is 0 Å². The van der Waals surface area contributed by atoms with Crippen LogP contribution in [0.1, 0.15) is 49.2 Å². The molecule has 36 heavy (non-hydrogen) atoms. The molecule has 2 aliphatic rings. The molecule has 2 amide bonds. The molecule has 0 atom stereocenters. The number of imidazole rings is 1. The average molecular weight is 511 g/mol. The van der Waals surface area contributed by atoms with Crippen molar-refractivity contribution >= 4 is 45.9 Å². The molecule has 9 nitrogen and oxygen atoms in total. The van der Waals surface area contributed by atoms with Gasteiger partial charge in [-0.05, 0) is 45.4 Å². The minimum atomic E-state index is -0.560. The first kappa shape index (κ1) is 24.2. The van der Waals surface area contributed by atoms with Gasteiger partial charge >= 0.3 is 6.09 Å². The standard InChI is InChI=1S/C26H31ClN6O3/c1-26(2,3)36-25(35)32-11-7-8-16(13-32)22-29-23-21(31(22)5)24(34)33(15-30(23)4)14-17-12-18-19(27)9-6-10-20(18)28-17/h6,8-10,12,28H,7,11,13-15H2,1-5H3. The van der Waals surface area contributed by atoms with Crippen molar-refractivity contribution in [3.05, 3.63) is 52.6 Å². The zero-order chi connectivity index (χ0) is 25.8. The van der Waals surface area contributed by atoms with Gasteiger partial charge in [-0.15, -0.1) is 0 Å². The Morgan fingerprint density at radius 2 is 2.03 bits per heavy atom. The molecule has 0 unspecified atom stereocenters. The summed E-state index contributed by atoms with van der Waals surface area (Å²) in [4.78, 5) is 39.9. The van der Waals surface area contributed by atoms with Crippen molar-refractivity contribution < 1.29 is 14.3 Å². The normalized spacial score (nSPS) is 16.4. The third-order valence-corrected chi connectivity index (χ3v) is 6.76. The first-order valence-corrected chi connectivity index (χ1v) is 12.4. The Kier molecular flexibility index (Phi) is 5.98. The molecule has 0 saturated heterocycles. The highest BCUT2D eigenvalue weighted by molar-refractivity contribution is 6.35. The third-order valence-electron chi connectivity index (χ3n) is 6.43. The Hall–Kier alpha value is -3.46. The maximum atomic E-state index is 13.6. The lowest BCUT2D eigenvalue weighted by Crippen LogP contribution is -2.45. The lowest BCUT2D eigenvalue weighted by Gasteiger charge is -2.33. The number of halogens is 1. The SMILES string of the molecule is CN1CN(Cc2cc3c(Cl)cccc3[nH]2)C(=O)c2c1nc(C1=CCCN(C(=O)OC(C)(C)C)C1)n2C. The summed E-state index contributed by atoms with van der Waals surface area (Å²) in [7, 11) is 3.78. The fraction of sp³-hybridized carbons (Fsp3) is 0.423. The number of carbonyl (C=O) groups is 2. The molecule has 1 N–H and O–H groups in total. The molecule has 0 saturated carbocycles. The second-order valence-corrected chi connectivity index (χ2v) is 10.8. The number of hydrogen-bond acceptors (Lipinski definition) is 5. The van der Waals surface area contributed by atoms with Gasteiger partial charge in [0.2, 0.25) is 0 Å². The summed E-state index contributed by atoms with van der Waals surface area (Å²) in [6, 6.07) is 7.72. The number of rotatable bonds is 3. The molecular formula is C26H31ClN6O3. The maximum Gasteiger partial charge on any atom is 0.410 e. The number of nitrogens with zero attached hydrogens (tertiary/aromatic N) is 5. The molecule has 0 aliphatic carbocycles. The summed E-state index contributed by atoms with van der Waals surface area (Å²) in [5.74, 6) is 1.24. The molecule has 5 rings (SSSR count). The van der Waals surface area contributed by atoms with E-state index in [0.717, 1.165) is 22.2 Å². The Labute approximate surface area is 215 Å². The van der Waals surface area contributed by atoms with E-state index >= 15 is 0 Å². The summed E-state index contributed by atoms with van der Waals surface area (Å²) >= 11 is 6.33. The largest absolute Gasteiger partial charge is 0.444 e. The Morgan fingerprint density at radius 3 is 2.75 bits per heavy atom. The second kappa shape index (κ2) is 8.89.